The summed E-state index contributed by atoms with van der Waals surface area (Å²) in [4.78, 5) is 14.6. The highest BCUT2D eigenvalue weighted by Gasteiger charge is 2.69. The number of amides is 1. The molecule has 1 amide bonds. The average molecular weight is 269 g/mol. The third kappa shape index (κ3) is 2.29. The number of aliphatic hydroxyl groups is 1. The zero-order valence-electron chi connectivity index (χ0n) is 13.0. The van der Waals surface area contributed by atoms with Gasteiger partial charge in [-0.05, 0) is 24.7 Å². The van der Waals surface area contributed by atoms with Crippen LogP contribution in [0.4, 0.5) is 0 Å². The van der Waals surface area contributed by atoms with Gasteiger partial charge in [0.25, 0.3) is 0 Å². The van der Waals surface area contributed by atoms with Crippen LogP contribution < -0.4 is 0 Å². The van der Waals surface area contributed by atoms with Crippen LogP contribution in [0.1, 0.15) is 41.5 Å². The molecule has 2 fully saturated rings. The second-order valence-corrected chi connectivity index (χ2v) is 7.78. The van der Waals surface area contributed by atoms with Crippen LogP contribution in [0.15, 0.2) is 0 Å². The zero-order valence-corrected chi connectivity index (χ0v) is 13.0. The van der Waals surface area contributed by atoms with Gasteiger partial charge < -0.3 is 14.7 Å². The average Bonchev–Trinajstić information content (AvgIpc) is 2.66. The van der Waals surface area contributed by atoms with E-state index in [1.165, 1.54) is 0 Å². The van der Waals surface area contributed by atoms with Crippen molar-refractivity contribution in [1.82, 2.24) is 4.90 Å². The van der Waals surface area contributed by atoms with Gasteiger partial charge in [0.1, 0.15) is 0 Å². The molecule has 1 unspecified atom stereocenters. The molecule has 0 spiro atoms. The van der Waals surface area contributed by atoms with Crippen molar-refractivity contribution in [2.24, 2.45) is 16.7 Å². The van der Waals surface area contributed by atoms with Gasteiger partial charge in [-0.15, -0.1) is 0 Å². The molecule has 2 rings (SSSR count). The Kier molecular flexibility index (Phi) is 3.26. The summed E-state index contributed by atoms with van der Waals surface area (Å²) in [7, 11) is 0. The van der Waals surface area contributed by atoms with Gasteiger partial charge in [-0.3, -0.25) is 4.79 Å². The molecular formula is C15H27NO3. The highest BCUT2D eigenvalue weighted by molar-refractivity contribution is 5.84. The highest BCUT2D eigenvalue weighted by Crippen LogP contribution is 2.68. The number of morpholine rings is 1. The first-order chi connectivity index (χ1) is 8.53. The molecule has 0 aromatic rings. The largest absolute Gasteiger partial charge is 0.394 e. The van der Waals surface area contributed by atoms with Crippen molar-refractivity contribution in [3.05, 3.63) is 0 Å². The minimum atomic E-state index is -0.384. The Bertz CT molecular complexity index is 373. The van der Waals surface area contributed by atoms with Crippen molar-refractivity contribution in [1.29, 1.82) is 0 Å². The van der Waals surface area contributed by atoms with Crippen LogP contribution >= 0.6 is 0 Å². The second-order valence-electron chi connectivity index (χ2n) is 7.78. The summed E-state index contributed by atoms with van der Waals surface area (Å²) in [6.07, 6.45) is -0.266. The molecule has 1 aliphatic carbocycles. The summed E-state index contributed by atoms with van der Waals surface area (Å²) in [5.74, 6) is 0.290. The van der Waals surface area contributed by atoms with Crippen molar-refractivity contribution in [3.8, 4) is 0 Å². The Morgan fingerprint density at radius 2 is 1.74 bits per heavy atom. The molecule has 0 aromatic heterocycles. The van der Waals surface area contributed by atoms with Crippen molar-refractivity contribution < 1.29 is 14.6 Å². The Labute approximate surface area is 116 Å². The van der Waals surface area contributed by atoms with E-state index in [4.69, 9.17) is 4.74 Å². The molecule has 0 aromatic carbocycles. The minimum Gasteiger partial charge on any atom is -0.394 e. The first-order valence-corrected chi connectivity index (χ1v) is 7.10. The number of hydrogen-bond acceptors (Lipinski definition) is 3. The SMILES string of the molecule is CC1(C)CN(C(=O)C2C(C)(C)C2(C)C)CC(CO)O1. The van der Waals surface area contributed by atoms with E-state index in [-0.39, 0.29) is 41.0 Å². The van der Waals surface area contributed by atoms with Crippen LogP contribution in [0.3, 0.4) is 0 Å². The second kappa shape index (κ2) is 4.19. The van der Waals surface area contributed by atoms with E-state index in [2.05, 4.69) is 27.7 Å². The highest BCUT2D eigenvalue weighted by atomic mass is 16.5. The molecule has 2 aliphatic rings. The molecule has 1 N–H and O–H groups in total. The monoisotopic (exact) mass is 269 g/mol. The van der Waals surface area contributed by atoms with Gasteiger partial charge in [0, 0.05) is 19.0 Å². The van der Waals surface area contributed by atoms with Crippen LogP contribution in [0.2, 0.25) is 0 Å². The Morgan fingerprint density at radius 1 is 1.21 bits per heavy atom. The summed E-state index contributed by atoms with van der Waals surface area (Å²) in [5.41, 5.74) is -0.271. The van der Waals surface area contributed by atoms with Crippen molar-refractivity contribution >= 4 is 5.91 Å². The van der Waals surface area contributed by atoms with Gasteiger partial charge in [0.15, 0.2) is 0 Å². The third-order valence-electron chi connectivity index (χ3n) is 5.26. The van der Waals surface area contributed by atoms with E-state index in [9.17, 15) is 9.90 Å². The van der Waals surface area contributed by atoms with E-state index in [1.54, 1.807) is 0 Å². The van der Waals surface area contributed by atoms with E-state index in [1.807, 2.05) is 18.7 Å². The summed E-state index contributed by atoms with van der Waals surface area (Å²) >= 11 is 0. The molecule has 4 heteroatoms. The summed E-state index contributed by atoms with van der Waals surface area (Å²) in [6, 6.07) is 0. The van der Waals surface area contributed by atoms with Crippen molar-refractivity contribution in [2.75, 3.05) is 19.7 Å². The fourth-order valence-corrected chi connectivity index (χ4v) is 3.55. The van der Waals surface area contributed by atoms with Crippen LogP contribution in [-0.4, -0.2) is 47.3 Å². The Hall–Kier alpha value is -0.610. The lowest BCUT2D eigenvalue weighted by atomic mass is 10.0. The fourth-order valence-electron chi connectivity index (χ4n) is 3.55. The molecule has 1 aliphatic heterocycles. The van der Waals surface area contributed by atoms with E-state index < -0.39 is 0 Å². The lowest BCUT2D eigenvalue weighted by molar-refractivity contribution is -0.168. The molecule has 19 heavy (non-hydrogen) atoms. The van der Waals surface area contributed by atoms with E-state index in [0.717, 1.165) is 0 Å². The topological polar surface area (TPSA) is 49.8 Å². The lowest BCUT2D eigenvalue weighted by Gasteiger charge is -2.42. The molecule has 110 valence electrons. The number of carbonyl (C=O) groups excluding carboxylic acids is 1. The predicted octanol–water partition coefficient (Wildman–Crippen LogP) is 1.67. The summed E-state index contributed by atoms with van der Waals surface area (Å²) in [5, 5.41) is 9.32. The molecule has 0 bridgehead atoms. The van der Waals surface area contributed by atoms with Gasteiger partial charge in [-0.2, -0.15) is 0 Å². The summed E-state index contributed by atoms with van der Waals surface area (Å²) in [6.45, 7) is 13.6. The normalized spacial score (nSPS) is 32.2. The molecule has 1 saturated carbocycles. The molecule has 1 heterocycles. The molecule has 0 radical (unpaired) electrons. The van der Waals surface area contributed by atoms with Crippen molar-refractivity contribution in [2.45, 2.75) is 53.2 Å². The van der Waals surface area contributed by atoms with E-state index >= 15 is 0 Å². The van der Waals surface area contributed by atoms with Crippen LogP contribution in [-0.2, 0) is 9.53 Å². The smallest absolute Gasteiger partial charge is 0.226 e. The maximum atomic E-state index is 12.7. The maximum Gasteiger partial charge on any atom is 0.226 e. The summed E-state index contributed by atoms with van der Waals surface area (Å²) < 4.78 is 5.76. The van der Waals surface area contributed by atoms with Gasteiger partial charge in [-0.25, -0.2) is 0 Å². The Morgan fingerprint density at radius 3 is 2.16 bits per heavy atom. The number of nitrogens with zero attached hydrogens (tertiary/aromatic N) is 1. The number of ether oxygens (including phenoxy) is 1. The molecule has 1 atom stereocenters. The maximum absolute atomic E-state index is 12.7. The third-order valence-corrected chi connectivity index (χ3v) is 5.26. The quantitative estimate of drug-likeness (QED) is 0.829. The standard InChI is InChI=1S/C15H27NO3/c1-13(2)9-16(7-10(8-17)19-13)12(18)11-14(3,4)15(11,5)6/h10-11,17H,7-9H2,1-6H3. The van der Waals surface area contributed by atoms with Crippen LogP contribution in [0, 0.1) is 16.7 Å². The van der Waals surface area contributed by atoms with Crippen LogP contribution in [0.5, 0.6) is 0 Å². The van der Waals surface area contributed by atoms with Gasteiger partial charge >= 0.3 is 0 Å². The van der Waals surface area contributed by atoms with Crippen molar-refractivity contribution in [3.63, 3.8) is 0 Å². The zero-order chi connectivity index (χ0) is 14.6. The number of carbonyl (C=O) groups is 1. The van der Waals surface area contributed by atoms with E-state index in [0.29, 0.717) is 13.1 Å². The van der Waals surface area contributed by atoms with Gasteiger partial charge in [0.2, 0.25) is 5.91 Å². The Balaban J connectivity index is 2.12. The number of hydrogen-bond donors (Lipinski definition) is 1. The first kappa shape index (κ1) is 14.8. The number of rotatable bonds is 2. The predicted molar refractivity (Wildman–Crippen MR) is 73.7 cm³/mol. The fraction of sp³-hybridized carbons (Fsp3) is 0.933. The number of aliphatic hydroxyl groups excluding tert-OH is 1. The van der Waals surface area contributed by atoms with Gasteiger partial charge in [0.05, 0.1) is 18.3 Å². The minimum absolute atomic E-state index is 0.0370. The van der Waals surface area contributed by atoms with Gasteiger partial charge in [-0.1, -0.05) is 27.7 Å². The molecule has 1 saturated heterocycles. The molecular weight excluding hydrogens is 242 g/mol. The lowest BCUT2D eigenvalue weighted by Crippen LogP contribution is -2.56. The first-order valence-electron chi connectivity index (χ1n) is 7.10. The van der Waals surface area contributed by atoms with Crippen LogP contribution in [0.25, 0.3) is 0 Å². The molecule has 4 nitrogen and oxygen atoms in total.